The number of hydrogen-bond acceptors (Lipinski definition) is 2. The van der Waals surface area contributed by atoms with Crippen LogP contribution in [0.5, 0.6) is 0 Å². The highest BCUT2D eigenvalue weighted by Gasteiger charge is 2.05. The number of aromatic nitrogens is 2. The maximum absolute atomic E-state index is 11.7. The van der Waals surface area contributed by atoms with E-state index in [2.05, 4.69) is 0 Å². The van der Waals surface area contributed by atoms with Crippen molar-refractivity contribution >= 4 is 18.9 Å². The van der Waals surface area contributed by atoms with Gasteiger partial charge in [-0.05, 0) is 12.1 Å². The van der Waals surface area contributed by atoms with Crippen molar-refractivity contribution in [3.05, 3.63) is 45.1 Å². The van der Waals surface area contributed by atoms with Crippen molar-refractivity contribution in [3.8, 4) is 0 Å². The lowest BCUT2D eigenvalue weighted by atomic mass is 10.2. The molecular weight excluding hydrogens is 179 g/mol. The van der Waals surface area contributed by atoms with E-state index in [0.29, 0.717) is 10.9 Å². The summed E-state index contributed by atoms with van der Waals surface area (Å²) in [4.78, 5) is 23.2. The first kappa shape index (κ1) is 8.81. The Balaban J connectivity index is 3.19. The van der Waals surface area contributed by atoms with Crippen LogP contribution in [0.4, 0.5) is 0 Å². The highest BCUT2D eigenvalue weighted by Crippen LogP contribution is 2.04. The van der Waals surface area contributed by atoms with Crippen molar-refractivity contribution in [1.82, 2.24) is 9.05 Å². The summed E-state index contributed by atoms with van der Waals surface area (Å²) < 4.78 is 2.58. The molecule has 0 amide bonds. The summed E-state index contributed by atoms with van der Waals surface area (Å²) in [5.41, 5.74) is 0.123. The maximum Gasteiger partial charge on any atom is 0.318 e. The fourth-order valence-corrected chi connectivity index (χ4v) is 1.54. The van der Waals surface area contributed by atoms with Crippen LogP contribution in [0.15, 0.2) is 33.9 Å². The molecule has 2 rings (SSSR count). The van der Waals surface area contributed by atoms with Gasteiger partial charge in [-0.25, -0.2) is 4.79 Å². The van der Waals surface area contributed by atoms with Gasteiger partial charge >= 0.3 is 5.69 Å². The van der Waals surface area contributed by atoms with E-state index in [1.807, 2.05) is 0 Å². The molecule has 0 bridgehead atoms. The van der Waals surface area contributed by atoms with Gasteiger partial charge in [-0.15, -0.1) is 0 Å². The van der Waals surface area contributed by atoms with Gasteiger partial charge in [-0.1, -0.05) is 12.1 Å². The van der Waals surface area contributed by atoms with Gasteiger partial charge in [0, 0.05) is 7.05 Å². The molecule has 0 saturated carbocycles. The summed E-state index contributed by atoms with van der Waals surface area (Å²) >= 11 is 0. The second-order valence-corrected chi connectivity index (χ2v) is 3.22. The van der Waals surface area contributed by atoms with Crippen LogP contribution >= 0.6 is 0 Å². The van der Waals surface area contributed by atoms with Crippen molar-refractivity contribution in [1.29, 1.82) is 0 Å². The molecule has 1 aromatic heterocycles. The lowest BCUT2D eigenvalue weighted by Crippen LogP contribution is -2.38. The van der Waals surface area contributed by atoms with Crippen LogP contribution in [0.1, 0.15) is 0 Å². The van der Waals surface area contributed by atoms with E-state index in [9.17, 15) is 9.59 Å². The predicted molar refractivity (Wildman–Crippen MR) is 57.4 cm³/mol. The molecule has 5 heteroatoms. The Morgan fingerprint density at radius 2 is 1.86 bits per heavy atom. The number of rotatable bonds is 0. The summed E-state index contributed by atoms with van der Waals surface area (Å²) in [6, 6.07) is 7.07. The van der Waals surface area contributed by atoms with Gasteiger partial charge < -0.3 is 4.48 Å². The molecule has 0 aliphatic heterocycles. The molecule has 1 heterocycles. The monoisotopic (exact) mass is 188 g/mol. The summed E-state index contributed by atoms with van der Waals surface area (Å²) in [6.45, 7) is 0. The predicted octanol–water partition coefficient (Wildman–Crippen LogP) is -0.904. The summed E-state index contributed by atoms with van der Waals surface area (Å²) in [6.07, 6.45) is 0. The maximum atomic E-state index is 11.7. The summed E-state index contributed by atoms with van der Waals surface area (Å²) in [5, 5.41) is 0.567. The molecular formula is C9H9BN2O2. The molecule has 14 heavy (non-hydrogen) atoms. The standard InChI is InChI=1S/C9H9BN2O2/c1-11-7-5-3-2-4-6(7)8(13)12(10)9(11)14/h2-5H,10H2,1H3. The third-order valence-corrected chi connectivity index (χ3v) is 2.37. The molecule has 0 unspecified atom stereocenters. The smallest absolute Gasteiger partial charge is 0.314 e. The third kappa shape index (κ3) is 1.02. The van der Waals surface area contributed by atoms with Crippen LogP contribution in [0.2, 0.25) is 0 Å². The van der Waals surface area contributed by atoms with Gasteiger partial charge in [0.2, 0.25) is 7.98 Å². The third-order valence-electron chi connectivity index (χ3n) is 2.37. The Morgan fingerprint density at radius 1 is 1.21 bits per heavy atom. The minimum atomic E-state index is -0.297. The largest absolute Gasteiger partial charge is 0.318 e. The summed E-state index contributed by atoms with van der Waals surface area (Å²) in [5.74, 6) is 0. The first-order valence-electron chi connectivity index (χ1n) is 4.27. The number of para-hydroxylation sites is 1. The SMILES string of the molecule is Bn1c(=O)c2ccccc2n(C)c1=O. The second-order valence-electron chi connectivity index (χ2n) is 3.22. The molecule has 4 nitrogen and oxygen atoms in total. The summed E-state index contributed by atoms with van der Waals surface area (Å²) in [7, 11) is 3.14. The quantitative estimate of drug-likeness (QED) is 0.502. The molecule has 0 fully saturated rings. The van der Waals surface area contributed by atoms with Crippen LogP contribution in [0.25, 0.3) is 10.9 Å². The molecule has 0 spiro atoms. The Morgan fingerprint density at radius 3 is 2.57 bits per heavy atom. The molecule has 0 aliphatic carbocycles. The van der Waals surface area contributed by atoms with Crippen molar-refractivity contribution in [2.75, 3.05) is 0 Å². The van der Waals surface area contributed by atoms with E-state index in [0.717, 1.165) is 4.48 Å². The van der Waals surface area contributed by atoms with Gasteiger partial charge in [0.15, 0.2) is 0 Å². The van der Waals surface area contributed by atoms with E-state index in [1.165, 1.54) is 12.5 Å². The molecule has 0 N–H and O–H groups in total. The molecule has 2 aromatic rings. The molecule has 0 saturated heterocycles. The van der Waals surface area contributed by atoms with E-state index in [1.54, 1.807) is 31.3 Å². The highest BCUT2D eigenvalue weighted by molar-refractivity contribution is 6.06. The van der Waals surface area contributed by atoms with Crippen molar-refractivity contribution < 1.29 is 0 Å². The van der Waals surface area contributed by atoms with E-state index < -0.39 is 0 Å². The molecule has 1 aromatic carbocycles. The van der Waals surface area contributed by atoms with Crippen LogP contribution in [0, 0.1) is 0 Å². The average Bonchev–Trinajstić information content (AvgIpc) is 2.23. The first-order valence-corrected chi connectivity index (χ1v) is 4.27. The minimum absolute atomic E-state index is 0.247. The van der Waals surface area contributed by atoms with Crippen LogP contribution in [-0.2, 0) is 7.05 Å². The first-order chi connectivity index (χ1) is 6.63. The number of benzene rings is 1. The number of fused-ring (bicyclic) bond motifs is 1. The zero-order valence-electron chi connectivity index (χ0n) is 8.02. The number of hydrogen-bond donors (Lipinski definition) is 0. The zero-order chi connectivity index (χ0) is 10.3. The fraction of sp³-hybridized carbons (Fsp3) is 0.111. The number of aryl methyl sites for hydroxylation is 1. The van der Waals surface area contributed by atoms with Gasteiger partial charge in [0.05, 0.1) is 10.9 Å². The van der Waals surface area contributed by atoms with Gasteiger partial charge in [0.1, 0.15) is 0 Å². The Hall–Kier alpha value is -1.78. The van der Waals surface area contributed by atoms with Crippen molar-refractivity contribution in [3.63, 3.8) is 0 Å². The molecule has 0 aliphatic rings. The van der Waals surface area contributed by atoms with E-state index >= 15 is 0 Å². The van der Waals surface area contributed by atoms with Crippen LogP contribution in [-0.4, -0.2) is 17.0 Å². The molecule has 0 atom stereocenters. The van der Waals surface area contributed by atoms with Crippen LogP contribution < -0.4 is 11.2 Å². The normalized spacial score (nSPS) is 10.6. The Kier molecular flexibility index (Phi) is 1.80. The van der Waals surface area contributed by atoms with Crippen LogP contribution in [0.3, 0.4) is 0 Å². The lowest BCUT2D eigenvalue weighted by molar-refractivity contribution is 0.814. The fourth-order valence-electron chi connectivity index (χ4n) is 1.54. The van der Waals surface area contributed by atoms with E-state index in [-0.39, 0.29) is 11.2 Å². The lowest BCUT2D eigenvalue weighted by Gasteiger charge is -2.06. The van der Waals surface area contributed by atoms with Gasteiger partial charge in [0.25, 0.3) is 5.56 Å². The second kappa shape index (κ2) is 2.87. The average molecular weight is 188 g/mol. The molecule has 0 radical (unpaired) electrons. The molecule has 70 valence electrons. The minimum Gasteiger partial charge on any atom is -0.314 e. The van der Waals surface area contributed by atoms with Gasteiger partial charge in [-0.2, -0.15) is 0 Å². The Bertz CT molecular complexity index is 612. The topological polar surface area (TPSA) is 44.0 Å². The highest BCUT2D eigenvalue weighted by atomic mass is 16.2. The number of nitrogens with zero attached hydrogens (tertiary/aromatic N) is 2. The van der Waals surface area contributed by atoms with Gasteiger partial charge in [-0.3, -0.25) is 9.36 Å². The Labute approximate surface area is 80.8 Å². The zero-order valence-corrected chi connectivity index (χ0v) is 8.02. The van der Waals surface area contributed by atoms with Crippen molar-refractivity contribution in [2.45, 2.75) is 0 Å². The van der Waals surface area contributed by atoms with Crippen molar-refractivity contribution in [2.24, 2.45) is 7.05 Å². The van der Waals surface area contributed by atoms with E-state index in [4.69, 9.17) is 0 Å².